The van der Waals surface area contributed by atoms with Crippen LogP contribution in [0.1, 0.15) is 20.9 Å². The molecule has 8 nitrogen and oxygen atoms in total. The first-order valence-corrected chi connectivity index (χ1v) is 7.92. The van der Waals surface area contributed by atoms with Crippen LogP contribution in [0.3, 0.4) is 0 Å². The summed E-state index contributed by atoms with van der Waals surface area (Å²) in [4.78, 5) is 33.7. The fourth-order valence-corrected chi connectivity index (χ4v) is 2.55. The van der Waals surface area contributed by atoms with E-state index < -0.39 is 16.8 Å². The number of non-ortho nitro benzene ring substituents is 1. The summed E-state index contributed by atoms with van der Waals surface area (Å²) >= 11 is 5.79. The van der Waals surface area contributed by atoms with Crippen molar-refractivity contribution >= 4 is 34.9 Å². The Morgan fingerprint density at radius 2 is 1.89 bits per heavy atom. The van der Waals surface area contributed by atoms with Gasteiger partial charge < -0.3 is 14.8 Å². The van der Waals surface area contributed by atoms with Crippen LogP contribution in [0.4, 0.5) is 11.4 Å². The maximum Gasteiger partial charge on any atom is 0.337 e. The van der Waals surface area contributed by atoms with Crippen molar-refractivity contribution in [3.63, 3.8) is 0 Å². The van der Waals surface area contributed by atoms with E-state index in [-0.39, 0.29) is 33.5 Å². The molecule has 3 rings (SSSR count). The number of halogens is 1. The molecule has 1 amide bonds. The highest BCUT2D eigenvalue weighted by atomic mass is 35.5. The summed E-state index contributed by atoms with van der Waals surface area (Å²) < 4.78 is 5.46. The number of rotatable bonds is 5. The van der Waals surface area contributed by atoms with Crippen LogP contribution in [0, 0.1) is 10.1 Å². The number of carboxylic acids is 1. The fraction of sp³-hybridized carbons (Fsp3) is 0. The highest BCUT2D eigenvalue weighted by Gasteiger charge is 2.16. The van der Waals surface area contributed by atoms with Crippen molar-refractivity contribution in [2.75, 3.05) is 5.32 Å². The maximum atomic E-state index is 12.3. The quantitative estimate of drug-likeness (QED) is 0.493. The van der Waals surface area contributed by atoms with Crippen LogP contribution in [0.5, 0.6) is 0 Å². The van der Waals surface area contributed by atoms with Gasteiger partial charge in [-0.25, -0.2) is 4.79 Å². The lowest BCUT2D eigenvalue weighted by Crippen LogP contribution is -2.11. The second-order valence-corrected chi connectivity index (χ2v) is 5.83. The molecule has 136 valence electrons. The third-order valence-corrected chi connectivity index (χ3v) is 3.96. The van der Waals surface area contributed by atoms with Gasteiger partial charge in [-0.15, -0.1) is 0 Å². The molecular weight excluding hydrogens is 376 g/mol. The molecule has 0 aliphatic heterocycles. The predicted molar refractivity (Wildman–Crippen MR) is 97.2 cm³/mol. The van der Waals surface area contributed by atoms with Gasteiger partial charge in [0.25, 0.3) is 11.6 Å². The number of nitrogens with zero attached hydrogens (tertiary/aromatic N) is 1. The Bertz CT molecular complexity index is 1060. The van der Waals surface area contributed by atoms with Crippen molar-refractivity contribution in [1.82, 2.24) is 0 Å². The number of hydrogen-bond donors (Lipinski definition) is 2. The Balaban J connectivity index is 1.81. The number of anilines is 1. The summed E-state index contributed by atoms with van der Waals surface area (Å²) in [6, 6.07) is 12.8. The Morgan fingerprint density at radius 1 is 1.11 bits per heavy atom. The molecule has 0 atom stereocenters. The Morgan fingerprint density at radius 3 is 2.59 bits per heavy atom. The molecule has 0 bridgehead atoms. The molecule has 0 aliphatic rings. The number of carbonyl (C=O) groups excluding carboxylic acids is 1. The maximum absolute atomic E-state index is 12.3. The first kappa shape index (κ1) is 18.2. The monoisotopic (exact) mass is 386 g/mol. The van der Waals surface area contributed by atoms with Crippen LogP contribution < -0.4 is 5.32 Å². The van der Waals surface area contributed by atoms with Gasteiger partial charge in [-0.1, -0.05) is 23.7 Å². The van der Waals surface area contributed by atoms with Gasteiger partial charge in [-0.3, -0.25) is 14.9 Å². The molecule has 2 N–H and O–H groups in total. The van der Waals surface area contributed by atoms with Crippen molar-refractivity contribution < 1.29 is 24.0 Å². The topological polar surface area (TPSA) is 123 Å². The smallest absolute Gasteiger partial charge is 0.337 e. The van der Waals surface area contributed by atoms with E-state index in [0.29, 0.717) is 5.56 Å². The highest BCUT2D eigenvalue weighted by molar-refractivity contribution is 6.33. The van der Waals surface area contributed by atoms with Gasteiger partial charge in [0, 0.05) is 23.4 Å². The summed E-state index contributed by atoms with van der Waals surface area (Å²) in [5, 5.41) is 22.5. The minimum absolute atomic E-state index is 0.0386. The molecule has 27 heavy (non-hydrogen) atoms. The lowest BCUT2D eigenvalue weighted by Gasteiger charge is -2.05. The summed E-state index contributed by atoms with van der Waals surface area (Å²) in [6.45, 7) is 0. The van der Waals surface area contributed by atoms with E-state index in [2.05, 4.69) is 5.32 Å². The molecule has 1 aromatic heterocycles. The zero-order valence-corrected chi connectivity index (χ0v) is 14.3. The number of nitrogens with one attached hydrogen (secondary N) is 1. The van der Waals surface area contributed by atoms with Crippen molar-refractivity contribution in [3.8, 4) is 11.3 Å². The first-order valence-electron chi connectivity index (χ1n) is 7.54. The lowest BCUT2D eigenvalue weighted by molar-refractivity contribution is -0.384. The van der Waals surface area contributed by atoms with Crippen LogP contribution in [-0.4, -0.2) is 21.9 Å². The molecule has 0 fully saturated rings. The van der Waals surface area contributed by atoms with E-state index in [1.807, 2.05) is 0 Å². The molecule has 0 spiro atoms. The lowest BCUT2D eigenvalue weighted by atomic mass is 10.1. The molecule has 2 aromatic carbocycles. The summed E-state index contributed by atoms with van der Waals surface area (Å²) in [6.07, 6.45) is 0. The average molecular weight is 387 g/mol. The van der Waals surface area contributed by atoms with Crippen molar-refractivity contribution in [1.29, 1.82) is 0 Å². The zero-order chi connectivity index (χ0) is 19.6. The second kappa shape index (κ2) is 7.30. The molecule has 0 saturated carbocycles. The molecule has 0 saturated heterocycles. The first-order chi connectivity index (χ1) is 12.8. The van der Waals surface area contributed by atoms with E-state index in [0.717, 1.165) is 0 Å². The highest BCUT2D eigenvalue weighted by Crippen LogP contribution is 2.26. The zero-order valence-electron chi connectivity index (χ0n) is 13.5. The van der Waals surface area contributed by atoms with Gasteiger partial charge >= 0.3 is 5.97 Å². The molecule has 0 radical (unpaired) electrons. The fourth-order valence-electron chi connectivity index (χ4n) is 2.35. The summed E-state index contributed by atoms with van der Waals surface area (Å²) in [5.74, 6) is -1.58. The van der Waals surface area contributed by atoms with Crippen LogP contribution >= 0.6 is 11.6 Å². The minimum atomic E-state index is -1.22. The average Bonchev–Trinajstić information content (AvgIpc) is 3.13. The number of nitro benzene ring substituents is 1. The van der Waals surface area contributed by atoms with Crippen LogP contribution in [0.15, 0.2) is 59.0 Å². The normalized spacial score (nSPS) is 10.4. The Kier molecular flexibility index (Phi) is 4.91. The van der Waals surface area contributed by atoms with E-state index >= 15 is 0 Å². The molecule has 9 heteroatoms. The number of nitro groups is 1. The van der Waals surface area contributed by atoms with E-state index in [1.165, 1.54) is 48.5 Å². The molecule has 0 aliphatic carbocycles. The molecule has 0 unspecified atom stereocenters. The van der Waals surface area contributed by atoms with Gasteiger partial charge in [0.05, 0.1) is 15.5 Å². The van der Waals surface area contributed by atoms with Crippen LogP contribution in [-0.2, 0) is 0 Å². The number of benzene rings is 2. The van der Waals surface area contributed by atoms with Crippen LogP contribution in [0.25, 0.3) is 11.3 Å². The Labute approximate surface area is 157 Å². The van der Waals surface area contributed by atoms with E-state index in [1.54, 1.807) is 6.07 Å². The third kappa shape index (κ3) is 3.96. The van der Waals surface area contributed by atoms with Gasteiger partial charge in [-0.05, 0) is 30.3 Å². The molecule has 3 aromatic rings. The SMILES string of the molecule is O=C(Nc1ccc(Cl)c(C(=O)O)c1)c1ccc(-c2cccc([N+](=O)[O-])c2)o1. The number of carbonyl (C=O) groups is 2. The number of carboxylic acid groups (broad SMARTS) is 1. The number of hydrogen-bond acceptors (Lipinski definition) is 5. The van der Waals surface area contributed by atoms with Gasteiger partial charge in [0.15, 0.2) is 5.76 Å². The number of aromatic carboxylic acids is 1. The van der Waals surface area contributed by atoms with Crippen molar-refractivity contribution in [2.24, 2.45) is 0 Å². The van der Waals surface area contributed by atoms with Gasteiger partial charge in [0.2, 0.25) is 0 Å². The minimum Gasteiger partial charge on any atom is -0.478 e. The van der Waals surface area contributed by atoms with Crippen molar-refractivity contribution in [3.05, 3.63) is 81.1 Å². The largest absolute Gasteiger partial charge is 0.478 e. The number of amides is 1. The Hall–Kier alpha value is -3.65. The molecular formula is C18H11ClN2O6. The predicted octanol–water partition coefficient (Wildman–Crippen LogP) is 4.46. The summed E-state index contributed by atoms with van der Waals surface area (Å²) in [7, 11) is 0. The summed E-state index contributed by atoms with van der Waals surface area (Å²) in [5.41, 5.74) is 0.432. The van der Waals surface area contributed by atoms with E-state index in [9.17, 15) is 19.7 Å². The molecule has 1 heterocycles. The van der Waals surface area contributed by atoms with E-state index in [4.69, 9.17) is 21.1 Å². The van der Waals surface area contributed by atoms with Gasteiger partial charge in [0.1, 0.15) is 5.76 Å². The standard InChI is InChI=1S/C18H11ClN2O6/c19-14-5-4-11(9-13(14)18(23)24)20-17(22)16-7-6-15(27-16)10-2-1-3-12(8-10)21(25)26/h1-9H,(H,20,22)(H,23,24). The number of furan rings is 1. The second-order valence-electron chi connectivity index (χ2n) is 5.43. The van der Waals surface area contributed by atoms with Crippen molar-refractivity contribution in [2.45, 2.75) is 0 Å². The third-order valence-electron chi connectivity index (χ3n) is 3.63. The van der Waals surface area contributed by atoms with Crippen LogP contribution in [0.2, 0.25) is 5.02 Å². The van der Waals surface area contributed by atoms with Gasteiger partial charge in [-0.2, -0.15) is 0 Å².